The fourth-order valence-electron chi connectivity index (χ4n) is 3.51. The Bertz CT molecular complexity index is 1050. The number of hydrogen-bond acceptors (Lipinski definition) is 4. The van der Waals surface area contributed by atoms with Gasteiger partial charge in [0, 0.05) is 44.5 Å². The van der Waals surface area contributed by atoms with Crippen LogP contribution in [0.5, 0.6) is 0 Å². The van der Waals surface area contributed by atoms with Gasteiger partial charge in [0.2, 0.25) is 10.0 Å². The summed E-state index contributed by atoms with van der Waals surface area (Å²) in [7, 11) is -0.893. The third-order valence-electron chi connectivity index (χ3n) is 5.21. The van der Waals surface area contributed by atoms with E-state index in [4.69, 9.17) is 0 Å². The summed E-state index contributed by atoms with van der Waals surface area (Å²) >= 11 is 0. The van der Waals surface area contributed by atoms with Crippen LogP contribution in [0.1, 0.15) is 41.7 Å². The number of amides is 1. The highest BCUT2D eigenvalue weighted by Crippen LogP contribution is 2.29. The molecular weight excluding hydrogens is 412 g/mol. The number of nitrogens with zero attached hydrogens (tertiary/aromatic N) is 2. The summed E-state index contributed by atoms with van der Waals surface area (Å²) < 4.78 is 53.5. The molecule has 6 nitrogen and oxygen atoms in total. The number of nitrogens with one attached hydrogen (secondary N) is 1. The van der Waals surface area contributed by atoms with Gasteiger partial charge in [-0.25, -0.2) is 21.5 Å². The molecule has 1 fully saturated rings. The Morgan fingerprint density at radius 3 is 2.37 bits per heavy atom. The maximum atomic E-state index is 14.1. The molecule has 1 unspecified atom stereocenters. The lowest BCUT2D eigenvalue weighted by molar-refractivity contribution is 0.0939. The number of hydrogen-bond donors (Lipinski definition) is 1. The monoisotopic (exact) mass is 437 g/mol. The highest BCUT2D eigenvalue weighted by molar-refractivity contribution is 7.89. The number of halogens is 2. The number of sulfonamides is 1. The van der Waals surface area contributed by atoms with Crippen molar-refractivity contribution in [2.75, 3.05) is 32.1 Å². The summed E-state index contributed by atoms with van der Waals surface area (Å²) in [6.45, 7) is 3.12. The van der Waals surface area contributed by atoms with Crippen LogP contribution in [-0.2, 0) is 10.0 Å². The third-order valence-corrected chi connectivity index (χ3v) is 7.03. The van der Waals surface area contributed by atoms with Gasteiger partial charge in [-0.05, 0) is 44.0 Å². The Morgan fingerprint density at radius 2 is 1.77 bits per heavy atom. The molecule has 1 heterocycles. The predicted octanol–water partition coefficient (Wildman–Crippen LogP) is 3.31. The molecule has 3 rings (SSSR count). The van der Waals surface area contributed by atoms with Gasteiger partial charge >= 0.3 is 0 Å². The van der Waals surface area contributed by atoms with Crippen molar-refractivity contribution >= 4 is 21.6 Å². The van der Waals surface area contributed by atoms with Crippen molar-refractivity contribution in [2.24, 2.45) is 0 Å². The van der Waals surface area contributed by atoms with Crippen LogP contribution in [-0.4, -0.2) is 45.8 Å². The lowest BCUT2D eigenvalue weighted by atomic mass is 10.1. The van der Waals surface area contributed by atoms with Crippen molar-refractivity contribution in [3.63, 3.8) is 0 Å². The topological polar surface area (TPSA) is 69.7 Å². The molecule has 162 valence electrons. The fraction of sp³-hybridized carbons (Fsp3) is 0.381. The van der Waals surface area contributed by atoms with Crippen molar-refractivity contribution in [3.05, 3.63) is 59.2 Å². The summed E-state index contributed by atoms with van der Waals surface area (Å²) in [5, 5.41) is 2.71. The van der Waals surface area contributed by atoms with Crippen LogP contribution < -0.4 is 10.2 Å². The average Bonchev–Trinajstić information content (AvgIpc) is 3.21. The number of anilines is 1. The van der Waals surface area contributed by atoms with E-state index in [9.17, 15) is 22.0 Å². The summed E-state index contributed by atoms with van der Waals surface area (Å²) in [4.78, 5) is 15.1. The molecule has 0 aromatic heterocycles. The van der Waals surface area contributed by atoms with Crippen molar-refractivity contribution in [2.45, 2.75) is 30.7 Å². The smallest absolute Gasteiger partial charge is 0.253 e. The first-order chi connectivity index (χ1) is 14.1. The van der Waals surface area contributed by atoms with Crippen LogP contribution in [0.2, 0.25) is 0 Å². The minimum absolute atomic E-state index is 0.00112. The minimum Gasteiger partial charge on any atom is -0.371 e. The molecule has 1 aliphatic heterocycles. The summed E-state index contributed by atoms with van der Waals surface area (Å²) in [5.41, 5.74) is 0.980. The van der Waals surface area contributed by atoms with Gasteiger partial charge in [-0.3, -0.25) is 4.79 Å². The molecule has 1 N–H and O–H groups in total. The molecular formula is C21H25F2N3O3S. The second-order valence-corrected chi connectivity index (χ2v) is 9.67. The second-order valence-electron chi connectivity index (χ2n) is 7.52. The van der Waals surface area contributed by atoms with E-state index in [-0.39, 0.29) is 16.0 Å². The Hall–Kier alpha value is -2.52. The van der Waals surface area contributed by atoms with Gasteiger partial charge in [-0.1, -0.05) is 6.07 Å². The van der Waals surface area contributed by atoms with E-state index < -0.39 is 33.6 Å². The van der Waals surface area contributed by atoms with Gasteiger partial charge in [0.1, 0.15) is 11.6 Å². The molecule has 2 aromatic carbocycles. The van der Waals surface area contributed by atoms with Crippen molar-refractivity contribution in [1.82, 2.24) is 9.62 Å². The summed E-state index contributed by atoms with van der Waals surface area (Å²) in [6, 6.07) is 6.91. The van der Waals surface area contributed by atoms with Crippen LogP contribution in [0, 0.1) is 11.6 Å². The van der Waals surface area contributed by atoms with Gasteiger partial charge in [0.25, 0.3) is 5.91 Å². The van der Waals surface area contributed by atoms with E-state index in [1.165, 1.54) is 32.3 Å². The molecule has 1 saturated heterocycles. The Kier molecular flexibility index (Phi) is 6.42. The summed E-state index contributed by atoms with van der Waals surface area (Å²) in [5.74, 6) is -1.98. The van der Waals surface area contributed by atoms with E-state index in [0.29, 0.717) is 5.69 Å². The molecule has 0 aliphatic carbocycles. The molecule has 1 aliphatic rings. The molecule has 1 amide bonds. The van der Waals surface area contributed by atoms with E-state index in [0.717, 1.165) is 42.4 Å². The highest BCUT2D eigenvalue weighted by Gasteiger charge is 2.25. The van der Waals surface area contributed by atoms with Crippen LogP contribution in [0.4, 0.5) is 14.5 Å². The zero-order valence-corrected chi connectivity index (χ0v) is 18.0. The largest absolute Gasteiger partial charge is 0.371 e. The van der Waals surface area contributed by atoms with Gasteiger partial charge in [-0.2, -0.15) is 0 Å². The van der Waals surface area contributed by atoms with Gasteiger partial charge in [0.15, 0.2) is 0 Å². The number of rotatable bonds is 6. The van der Waals surface area contributed by atoms with Gasteiger partial charge in [-0.15, -0.1) is 0 Å². The van der Waals surface area contributed by atoms with E-state index in [1.54, 1.807) is 13.0 Å². The van der Waals surface area contributed by atoms with Gasteiger partial charge < -0.3 is 10.2 Å². The zero-order chi connectivity index (χ0) is 22.1. The lowest BCUT2D eigenvalue weighted by Gasteiger charge is -2.23. The SMILES string of the molecule is CC(NC(=O)c1cc(S(=O)(=O)N(C)C)ccc1N1CCCC1)c1ccc(F)cc1F. The first-order valence-corrected chi connectivity index (χ1v) is 11.1. The Morgan fingerprint density at radius 1 is 1.10 bits per heavy atom. The molecule has 2 aromatic rings. The molecule has 0 saturated carbocycles. The van der Waals surface area contributed by atoms with Crippen molar-refractivity contribution < 1.29 is 22.0 Å². The van der Waals surface area contributed by atoms with Crippen molar-refractivity contribution in [1.29, 1.82) is 0 Å². The number of carbonyl (C=O) groups is 1. The Labute approximate surface area is 175 Å². The molecule has 30 heavy (non-hydrogen) atoms. The fourth-order valence-corrected chi connectivity index (χ4v) is 4.44. The van der Waals surface area contributed by atoms with E-state index in [2.05, 4.69) is 5.32 Å². The normalized spacial score (nSPS) is 15.5. The summed E-state index contributed by atoms with van der Waals surface area (Å²) in [6.07, 6.45) is 1.96. The third kappa shape index (κ3) is 4.46. The molecule has 0 spiro atoms. The highest BCUT2D eigenvalue weighted by atomic mass is 32.2. The van der Waals surface area contributed by atoms with Crippen LogP contribution in [0.25, 0.3) is 0 Å². The number of carbonyl (C=O) groups excluding carboxylic acids is 1. The molecule has 0 bridgehead atoms. The maximum Gasteiger partial charge on any atom is 0.253 e. The van der Waals surface area contributed by atoms with Crippen LogP contribution in [0.15, 0.2) is 41.3 Å². The van der Waals surface area contributed by atoms with E-state index in [1.807, 2.05) is 4.90 Å². The first kappa shape index (κ1) is 22.2. The van der Waals surface area contributed by atoms with Crippen LogP contribution in [0.3, 0.4) is 0 Å². The van der Waals surface area contributed by atoms with Gasteiger partial charge in [0.05, 0.1) is 16.5 Å². The van der Waals surface area contributed by atoms with Crippen LogP contribution >= 0.6 is 0 Å². The van der Waals surface area contributed by atoms with E-state index >= 15 is 0 Å². The molecule has 1 atom stereocenters. The quantitative estimate of drug-likeness (QED) is 0.753. The zero-order valence-electron chi connectivity index (χ0n) is 17.2. The predicted molar refractivity (Wildman–Crippen MR) is 111 cm³/mol. The average molecular weight is 438 g/mol. The maximum absolute atomic E-state index is 14.1. The minimum atomic E-state index is -3.73. The lowest BCUT2D eigenvalue weighted by Crippen LogP contribution is -2.30. The van der Waals surface area contributed by atoms with Crippen molar-refractivity contribution in [3.8, 4) is 0 Å². The molecule has 0 radical (unpaired) electrons. The Balaban J connectivity index is 1.97. The standard InChI is InChI=1S/C21H25F2N3O3S/c1-14(17-8-6-15(22)12-19(17)23)24-21(27)18-13-16(30(28,29)25(2)3)7-9-20(18)26-10-4-5-11-26/h6-9,12-14H,4-5,10-11H2,1-3H3,(H,24,27). The first-order valence-electron chi connectivity index (χ1n) is 9.68. The molecule has 9 heteroatoms. The second kappa shape index (κ2) is 8.69. The number of benzene rings is 2.